The van der Waals surface area contributed by atoms with Gasteiger partial charge in [0.2, 0.25) is 0 Å². The molecule has 0 aliphatic rings. The van der Waals surface area contributed by atoms with Gasteiger partial charge in [-0.3, -0.25) is 4.98 Å². The molecule has 0 radical (unpaired) electrons. The Balaban J connectivity index is 1.62. The molecule has 0 unspecified atom stereocenters. The van der Waals surface area contributed by atoms with Crippen molar-refractivity contribution in [2.45, 2.75) is 32.9 Å². The number of nitrogens with zero attached hydrogens (tertiary/aromatic N) is 1. The average molecular weight is 284 g/mol. The van der Waals surface area contributed by atoms with Gasteiger partial charge in [-0.15, -0.1) is 0 Å². The zero-order valence-electron chi connectivity index (χ0n) is 12.7. The third-order valence-corrected chi connectivity index (χ3v) is 3.37. The molecule has 0 saturated carbocycles. The van der Waals surface area contributed by atoms with Crippen LogP contribution in [0.2, 0.25) is 0 Å². The van der Waals surface area contributed by atoms with Crippen molar-refractivity contribution in [3.63, 3.8) is 0 Å². The van der Waals surface area contributed by atoms with E-state index in [1.54, 1.807) is 0 Å². The van der Waals surface area contributed by atoms with Crippen LogP contribution in [-0.2, 0) is 24.3 Å². The van der Waals surface area contributed by atoms with E-state index in [0.29, 0.717) is 6.61 Å². The van der Waals surface area contributed by atoms with E-state index < -0.39 is 0 Å². The molecule has 1 aromatic heterocycles. The molecule has 0 amide bonds. The van der Waals surface area contributed by atoms with Crippen molar-refractivity contribution in [2.75, 3.05) is 13.2 Å². The summed E-state index contributed by atoms with van der Waals surface area (Å²) in [5.41, 5.74) is 3.87. The molecule has 1 aromatic carbocycles. The van der Waals surface area contributed by atoms with Crippen molar-refractivity contribution >= 4 is 0 Å². The highest BCUT2D eigenvalue weighted by molar-refractivity contribution is 5.21. The van der Waals surface area contributed by atoms with Crippen LogP contribution in [-0.4, -0.2) is 18.1 Å². The second-order valence-electron chi connectivity index (χ2n) is 5.11. The van der Waals surface area contributed by atoms with Crippen molar-refractivity contribution in [3.8, 4) is 0 Å². The summed E-state index contributed by atoms with van der Waals surface area (Å²) < 4.78 is 5.73. The quantitative estimate of drug-likeness (QED) is 0.717. The highest BCUT2D eigenvalue weighted by Gasteiger charge is 1.96. The van der Waals surface area contributed by atoms with E-state index >= 15 is 0 Å². The summed E-state index contributed by atoms with van der Waals surface area (Å²) >= 11 is 0. The van der Waals surface area contributed by atoms with Crippen LogP contribution in [0.15, 0.2) is 48.8 Å². The van der Waals surface area contributed by atoms with Crippen LogP contribution in [0.4, 0.5) is 0 Å². The zero-order valence-corrected chi connectivity index (χ0v) is 12.7. The van der Waals surface area contributed by atoms with E-state index in [4.69, 9.17) is 4.74 Å². The monoisotopic (exact) mass is 284 g/mol. The van der Waals surface area contributed by atoms with Gasteiger partial charge in [0.05, 0.1) is 6.61 Å². The predicted octanol–water partition coefficient (Wildman–Crippen LogP) is 3.34. The summed E-state index contributed by atoms with van der Waals surface area (Å²) in [7, 11) is 0. The Kier molecular flexibility index (Phi) is 6.92. The summed E-state index contributed by atoms with van der Waals surface area (Å²) in [6.45, 7) is 5.54. The minimum atomic E-state index is 0.692. The Labute approximate surface area is 127 Å². The van der Waals surface area contributed by atoms with Gasteiger partial charge < -0.3 is 10.1 Å². The lowest BCUT2D eigenvalue weighted by Gasteiger charge is -2.06. The second-order valence-corrected chi connectivity index (χ2v) is 5.11. The molecule has 1 N–H and O–H groups in total. The lowest BCUT2D eigenvalue weighted by atomic mass is 10.1. The van der Waals surface area contributed by atoms with Crippen molar-refractivity contribution in [1.29, 1.82) is 0 Å². The molecular weight excluding hydrogens is 260 g/mol. The highest BCUT2D eigenvalue weighted by Crippen LogP contribution is 2.07. The van der Waals surface area contributed by atoms with Gasteiger partial charge in [-0.05, 0) is 48.2 Å². The molecule has 21 heavy (non-hydrogen) atoms. The molecule has 0 atom stereocenters. The number of ether oxygens (including phenoxy) is 1. The molecule has 0 aliphatic carbocycles. The third kappa shape index (κ3) is 6.06. The van der Waals surface area contributed by atoms with Crippen molar-refractivity contribution < 1.29 is 4.74 Å². The maximum Gasteiger partial charge on any atom is 0.0716 e. The minimum Gasteiger partial charge on any atom is -0.377 e. The molecule has 0 aliphatic heterocycles. The van der Waals surface area contributed by atoms with E-state index in [1.165, 1.54) is 16.7 Å². The Bertz CT molecular complexity index is 496. The molecule has 2 aromatic rings. The van der Waals surface area contributed by atoms with E-state index in [9.17, 15) is 0 Å². The van der Waals surface area contributed by atoms with Crippen LogP contribution in [0.1, 0.15) is 30.0 Å². The molecule has 2 rings (SSSR count). The van der Waals surface area contributed by atoms with Gasteiger partial charge in [0.1, 0.15) is 0 Å². The number of rotatable bonds is 9. The Morgan fingerprint density at radius 3 is 2.38 bits per heavy atom. The number of hydrogen-bond acceptors (Lipinski definition) is 3. The summed E-state index contributed by atoms with van der Waals surface area (Å²) in [6, 6.07) is 12.7. The van der Waals surface area contributed by atoms with Crippen LogP contribution in [0.3, 0.4) is 0 Å². The number of aryl methyl sites for hydroxylation is 1. The maximum atomic E-state index is 5.73. The largest absolute Gasteiger partial charge is 0.377 e. The van der Waals surface area contributed by atoms with Crippen LogP contribution in [0.5, 0.6) is 0 Å². The van der Waals surface area contributed by atoms with E-state index in [-0.39, 0.29) is 0 Å². The van der Waals surface area contributed by atoms with Crippen molar-refractivity contribution in [2.24, 2.45) is 0 Å². The zero-order chi connectivity index (χ0) is 14.8. The molecule has 3 heteroatoms. The fourth-order valence-corrected chi connectivity index (χ4v) is 2.14. The summed E-state index contributed by atoms with van der Waals surface area (Å²) in [6.07, 6.45) is 5.77. The molecule has 0 bridgehead atoms. The average Bonchev–Trinajstić information content (AvgIpc) is 2.55. The first-order valence-electron chi connectivity index (χ1n) is 7.63. The smallest absolute Gasteiger partial charge is 0.0716 e. The number of pyridine rings is 1. The van der Waals surface area contributed by atoms with Gasteiger partial charge >= 0.3 is 0 Å². The Morgan fingerprint density at radius 2 is 1.67 bits per heavy atom. The molecule has 112 valence electrons. The van der Waals surface area contributed by atoms with Crippen molar-refractivity contribution in [1.82, 2.24) is 10.3 Å². The minimum absolute atomic E-state index is 0.692. The van der Waals surface area contributed by atoms with E-state index in [2.05, 4.69) is 53.6 Å². The van der Waals surface area contributed by atoms with Crippen molar-refractivity contribution in [3.05, 3.63) is 65.5 Å². The number of nitrogens with one attached hydrogen (secondary N) is 1. The topological polar surface area (TPSA) is 34.1 Å². The molecule has 3 nitrogen and oxygen atoms in total. The lowest BCUT2D eigenvalue weighted by Crippen LogP contribution is -2.11. The van der Waals surface area contributed by atoms with E-state index in [0.717, 1.165) is 32.5 Å². The van der Waals surface area contributed by atoms with E-state index in [1.807, 2.05) is 12.4 Å². The standard InChI is InChI=1S/C18H24N2O/c1-2-19-14-17-5-7-18(8-6-17)15-21-13-3-4-16-9-11-20-12-10-16/h5-12,19H,2-4,13-15H2,1H3. The molecule has 1 heterocycles. The van der Waals surface area contributed by atoms with Gasteiger partial charge in [-0.25, -0.2) is 0 Å². The fourth-order valence-electron chi connectivity index (χ4n) is 2.14. The maximum absolute atomic E-state index is 5.73. The predicted molar refractivity (Wildman–Crippen MR) is 86.0 cm³/mol. The first kappa shape index (κ1) is 15.7. The Morgan fingerprint density at radius 1 is 0.952 bits per heavy atom. The van der Waals surface area contributed by atoms with Crippen LogP contribution in [0, 0.1) is 0 Å². The third-order valence-electron chi connectivity index (χ3n) is 3.37. The first-order valence-corrected chi connectivity index (χ1v) is 7.63. The number of benzene rings is 1. The van der Waals surface area contributed by atoms with Gasteiger partial charge in [0, 0.05) is 25.5 Å². The molecule has 0 spiro atoms. The molecule has 0 fully saturated rings. The number of hydrogen-bond donors (Lipinski definition) is 1. The summed E-state index contributed by atoms with van der Waals surface area (Å²) in [5.74, 6) is 0. The van der Waals surface area contributed by atoms with Crippen LogP contribution in [0.25, 0.3) is 0 Å². The van der Waals surface area contributed by atoms with Crippen LogP contribution < -0.4 is 5.32 Å². The highest BCUT2D eigenvalue weighted by atomic mass is 16.5. The molecular formula is C18H24N2O. The van der Waals surface area contributed by atoms with Gasteiger partial charge in [0.25, 0.3) is 0 Å². The fraction of sp³-hybridized carbons (Fsp3) is 0.389. The van der Waals surface area contributed by atoms with Gasteiger partial charge in [-0.1, -0.05) is 31.2 Å². The Hall–Kier alpha value is -1.71. The summed E-state index contributed by atoms with van der Waals surface area (Å²) in [4.78, 5) is 4.02. The SMILES string of the molecule is CCNCc1ccc(COCCCc2ccncc2)cc1. The van der Waals surface area contributed by atoms with Gasteiger partial charge in [-0.2, -0.15) is 0 Å². The van der Waals surface area contributed by atoms with Gasteiger partial charge in [0.15, 0.2) is 0 Å². The molecule has 0 saturated heterocycles. The number of aromatic nitrogens is 1. The normalized spacial score (nSPS) is 10.7. The lowest BCUT2D eigenvalue weighted by molar-refractivity contribution is 0.118. The first-order chi connectivity index (χ1) is 10.4. The van der Waals surface area contributed by atoms with Crippen LogP contribution >= 0.6 is 0 Å². The second kappa shape index (κ2) is 9.27. The summed E-state index contributed by atoms with van der Waals surface area (Å²) in [5, 5.41) is 3.32.